The number of benzene rings is 1. The minimum absolute atomic E-state index is 0.0372. The largest absolute Gasteiger partial charge is 0.493 e. The Morgan fingerprint density at radius 3 is 2.95 bits per heavy atom. The fourth-order valence-corrected chi connectivity index (χ4v) is 2.70. The second-order valence-corrected chi connectivity index (χ2v) is 5.86. The van der Waals surface area contributed by atoms with Crippen molar-refractivity contribution in [3.8, 4) is 5.75 Å². The summed E-state index contributed by atoms with van der Waals surface area (Å²) in [6.45, 7) is 4.60. The summed E-state index contributed by atoms with van der Waals surface area (Å²) in [6, 6.07) is 6.12. The third-order valence-corrected chi connectivity index (χ3v) is 3.90. The highest BCUT2D eigenvalue weighted by Gasteiger charge is 2.07. The molecular weight excluding hydrogens is 274 g/mol. The number of carboxylic acids is 1. The molecule has 5 heteroatoms. The first-order valence-corrected chi connectivity index (χ1v) is 7.21. The summed E-state index contributed by atoms with van der Waals surface area (Å²) in [6.07, 6.45) is 2.36. The molecule has 0 unspecified atom stereocenters. The molecule has 0 saturated heterocycles. The summed E-state index contributed by atoms with van der Waals surface area (Å²) in [5.41, 5.74) is 2.28. The third-order valence-electron chi connectivity index (χ3n) is 2.84. The van der Waals surface area contributed by atoms with Crippen LogP contribution < -0.4 is 4.74 Å². The summed E-state index contributed by atoms with van der Waals surface area (Å²) in [5, 5.41) is 9.62. The van der Waals surface area contributed by atoms with E-state index in [1.54, 1.807) is 6.20 Å². The van der Waals surface area contributed by atoms with E-state index < -0.39 is 5.97 Å². The van der Waals surface area contributed by atoms with Gasteiger partial charge in [-0.1, -0.05) is 12.1 Å². The van der Waals surface area contributed by atoms with Gasteiger partial charge in [-0.25, -0.2) is 4.98 Å². The first-order chi connectivity index (χ1) is 9.54. The van der Waals surface area contributed by atoms with Gasteiger partial charge in [0.2, 0.25) is 0 Å². The number of hydrogen-bond acceptors (Lipinski definition) is 4. The van der Waals surface area contributed by atoms with Crippen molar-refractivity contribution in [3.63, 3.8) is 0 Å². The van der Waals surface area contributed by atoms with Crippen LogP contribution in [0.2, 0.25) is 0 Å². The van der Waals surface area contributed by atoms with Crippen LogP contribution >= 0.6 is 11.3 Å². The second kappa shape index (κ2) is 6.52. The molecule has 1 aromatic carbocycles. The fraction of sp³-hybridized carbons (Fsp3) is 0.333. The van der Waals surface area contributed by atoms with Crippen LogP contribution in [-0.2, 0) is 17.6 Å². The highest BCUT2D eigenvalue weighted by molar-refractivity contribution is 7.11. The number of thiazole rings is 1. The van der Waals surface area contributed by atoms with Gasteiger partial charge in [-0.05, 0) is 31.0 Å². The Labute approximate surface area is 122 Å². The number of hydrogen-bond donors (Lipinski definition) is 1. The smallest absolute Gasteiger partial charge is 0.308 e. The zero-order chi connectivity index (χ0) is 14.5. The van der Waals surface area contributed by atoms with E-state index in [2.05, 4.69) is 11.1 Å². The summed E-state index contributed by atoms with van der Waals surface area (Å²) in [7, 11) is 0. The minimum Gasteiger partial charge on any atom is -0.493 e. The zero-order valence-electron chi connectivity index (χ0n) is 11.5. The van der Waals surface area contributed by atoms with Crippen LogP contribution in [0.25, 0.3) is 0 Å². The predicted molar refractivity (Wildman–Crippen MR) is 78.6 cm³/mol. The predicted octanol–water partition coefficient (Wildman–Crippen LogP) is 3.01. The number of aliphatic carboxylic acids is 1. The van der Waals surface area contributed by atoms with Crippen LogP contribution in [0.4, 0.5) is 0 Å². The third kappa shape index (κ3) is 4.06. The van der Waals surface area contributed by atoms with E-state index in [1.807, 2.05) is 26.0 Å². The lowest BCUT2D eigenvalue weighted by Crippen LogP contribution is -2.02. The number of carboxylic acid groups (broad SMARTS) is 1. The van der Waals surface area contributed by atoms with Crippen LogP contribution in [0.3, 0.4) is 0 Å². The molecule has 20 heavy (non-hydrogen) atoms. The number of aryl methyl sites for hydroxylation is 2. The van der Waals surface area contributed by atoms with Crippen molar-refractivity contribution >= 4 is 17.3 Å². The molecule has 1 heterocycles. The lowest BCUT2D eigenvalue weighted by molar-refractivity contribution is -0.136. The number of ether oxygens (including phenoxy) is 1. The van der Waals surface area contributed by atoms with Gasteiger partial charge in [-0.15, -0.1) is 11.3 Å². The Morgan fingerprint density at radius 1 is 1.40 bits per heavy atom. The van der Waals surface area contributed by atoms with E-state index in [4.69, 9.17) is 9.84 Å². The van der Waals surface area contributed by atoms with Crippen LogP contribution in [0.1, 0.15) is 21.0 Å². The number of carbonyl (C=O) groups is 1. The summed E-state index contributed by atoms with van der Waals surface area (Å²) >= 11 is 1.43. The van der Waals surface area contributed by atoms with Crippen molar-refractivity contribution in [1.82, 2.24) is 4.98 Å². The van der Waals surface area contributed by atoms with E-state index >= 15 is 0 Å². The van der Waals surface area contributed by atoms with Gasteiger partial charge >= 0.3 is 5.97 Å². The molecule has 0 radical (unpaired) electrons. The molecule has 1 aromatic heterocycles. The Bertz CT molecular complexity index is 607. The van der Waals surface area contributed by atoms with Gasteiger partial charge in [0.25, 0.3) is 0 Å². The summed E-state index contributed by atoms with van der Waals surface area (Å²) < 4.78 is 5.76. The first-order valence-electron chi connectivity index (χ1n) is 6.40. The molecule has 0 bridgehead atoms. The highest BCUT2D eigenvalue weighted by Crippen LogP contribution is 2.20. The Morgan fingerprint density at radius 2 is 2.20 bits per heavy atom. The maximum absolute atomic E-state index is 10.6. The standard InChI is InChI=1S/C15H17NO3S/c1-10-3-4-11(2)13(7-10)19-6-5-14-16-9-12(20-14)8-15(17)18/h3-4,7,9H,5-6,8H2,1-2H3,(H,17,18). The Balaban J connectivity index is 1.88. The SMILES string of the molecule is Cc1ccc(C)c(OCCc2ncc(CC(=O)O)s2)c1. The van der Waals surface area contributed by atoms with Crippen molar-refractivity contribution in [2.45, 2.75) is 26.7 Å². The van der Waals surface area contributed by atoms with Gasteiger partial charge in [-0.3, -0.25) is 4.79 Å². The molecule has 106 valence electrons. The topological polar surface area (TPSA) is 59.4 Å². The molecule has 1 N–H and O–H groups in total. The first kappa shape index (κ1) is 14.5. The number of rotatable bonds is 6. The van der Waals surface area contributed by atoms with Crippen LogP contribution in [0.5, 0.6) is 5.75 Å². The highest BCUT2D eigenvalue weighted by atomic mass is 32.1. The van der Waals surface area contributed by atoms with Crippen molar-refractivity contribution in [2.75, 3.05) is 6.61 Å². The van der Waals surface area contributed by atoms with Gasteiger partial charge < -0.3 is 9.84 Å². The number of aromatic nitrogens is 1. The summed E-state index contributed by atoms with van der Waals surface area (Å²) in [4.78, 5) is 15.6. The number of nitrogens with zero attached hydrogens (tertiary/aromatic N) is 1. The molecule has 2 aromatic rings. The minimum atomic E-state index is -0.827. The van der Waals surface area contributed by atoms with Gasteiger partial charge in [0.1, 0.15) is 5.75 Å². The van der Waals surface area contributed by atoms with Gasteiger partial charge in [0, 0.05) is 17.5 Å². The van der Waals surface area contributed by atoms with E-state index in [9.17, 15) is 4.79 Å². The normalized spacial score (nSPS) is 10.5. The molecular formula is C15H17NO3S. The molecule has 0 atom stereocenters. The van der Waals surface area contributed by atoms with E-state index in [0.717, 1.165) is 21.2 Å². The maximum atomic E-state index is 10.6. The van der Waals surface area contributed by atoms with E-state index in [1.165, 1.54) is 16.9 Å². The van der Waals surface area contributed by atoms with Crippen LogP contribution in [0, 0.1) is 13.8 Å². The van der Waals surface area contributed by atoms with Crippen LogP contribution in [0.15, 0.2) is 24.4 Å². The second-order valence-electron chi connectivity index (χ2n) is 4.66. The van der Waals surface area contributed by atoms with Gasteiger partial charge in [-0.2, -0.15) is 0 Å². The van der Waals surface area contributed by atoms with Gasteiger partial charge in [0.15, 0.2) is 0 Å². The summed E-state index contributed by atoms with van der Waals surface area (Å²) in [5.74, 6) is 0.0687. The molecule has 0 aliphatic rings. The average Bonchev–Trinajstić information content (AvgIpc) is 2.80. The molecule has 0 saturated carbocycles. The molecule has 0 aliphatic heterocycles. The van der Waals surface area contributed by atoms with Crippen molar-refractivity contribution in [1.29, 1.82) is 0 Å². The molecule has 0 spiro atoms. The lowest BCUT2D eigenvalue weighted by Gasteiger charge is -2.08. The lowest BCUT2D eigenvalue weighted by atomic mass is 10.1. The Kier molecular flexibility index (Phi) is 4.74. The monoisotopic (exact) mass is 291 g/mol. The maximum Gasteiger partial charge on any atom is 0.308 e. The average molecular weight is 291 g/mol. The molecule has 2 rings (SSSR count). The quantitative estimate of drug-likeness (QED) is 0.888. The fourth-order valence-electron chi connectivity index (χ4n) is 1.81. The van der Waals surface area contributed by atoms with Crippen molar-refractivity contribution in [2.24, 2.45) is 0 Å². The van der Waals surface area contributed by atoms with Gasteiger partial charge in [0.05, 0.1) is 18.0 Å². The Hall–Kier alpha value is -1.88. The van der Waals surface area contributed by atoms with Crippen molar-refractivity contribution < 1.29 is 14.6 Å². The molecule has 0 amide bonds. The molecule has 4 nitrogen and oxygen atoms in total. The van der Waals surface area contributed by atoms with Crippen molar-refractivity contribution in [3.05, 3.63) is 45.4 Å². The van der Waals surface area contributed by atoms with E-state index in [0.29, 0.717) is 13.0 Å². The molecule has 0 aliphatic carbocycles. The van der Waals surface area contributed by atoms with E-state index in [-0.39, 0.29) is 6.42 Å². The van der Waals surface area contributed by atoms with Crippen LogP contribution in [-0.4, -0.2) is 22.7 Å². The zero-order valence-corrected chi connectivity index (χ0v) is 12.4. The molecule has 0 fully saturated rings.